The van der Waals surface area contributed by atoms with Crippen LogP contribution in [0.25, 0.3) is 5.76 Å². The number of carbonyl (C=O) groups excluding carboxylic acids is 4. The molecule has 15 heteroatoms. The Morgan fingerprint density at radius 1 is 1.20 bits per heavy atom. The molecule has 1 aromatic rings. The standard InChI is InChI=1S/C29H37N5O9S/c1-11-12-4-5-13(32-28(42)14(10-44)34-8-6-31-7-9-34)21(35)16(12)22(36)17-15(11)23(37)19-20(33(2)3)24(38)18(27(30)41)26(40)29(19,43)25(17)39/h4-5,11,14-15,19-20,23,31,35-37,40,43-44H,6-10H2,1-3H3,(H2,30,41)(H,32,42)/t11?,14?,15?,19?,20-,23?,29?/m0/s1. The number of fused-ring (bicyclic) bond motifs is 3. The Morgan fingerprint density at radius 2 is 1.84 bits per heavy atom. The molecule has 4 aliphatic rings. The number of benzene rings is 1. The highest BCUT2D eigenvalue weighted by atomic mass is 32.1. The summed E-state index contributed by atoms with van der Waals surface area (Å²) < 4.78 is 0. The van der Waals surface area contributed by atoms with E-state index in [1.54, 1.807) is 13.0 Å². The van der Waals surface area contributed by atoms with Crippen LogP contribution >= 0.6 is 12.6 Å². The molecule has 2 fully saturated rings. The first-order valence-electron chi connectivity index (χ1n) is 14.2. The van der Waals surface area contributed by atoms with Gasteiger partial charge in [0.1, 0.15) is 22.8 Å². The number of rotatable bonds is 6. The van der Waals surface area contributed by atoms with Crippen LogP contribution in [0.15, 0.2) is 29.0 Å². The predicted molar refractivity (Wildman–Crippen MR) is 161 cm³/mol. The number of aliphatic hydroxyl groups excluding tert-OH is 3. The van der Waals surface area contributed by atoms with Crippen molar-refractivity contribution in [3.63, 3.8) is 0 Å². The molecule has 0 aromatic heterocycles. The van der Waals surface area contributed by atoms with Crippen molar-refractivity contribution in [2.75, 3.05) is 51.3 Å². The van der Waals surface area contributed by atoms with Crippen LogP contribution in [0.3, 0.4) is 0 Å². The zero-order valence-electron chi connectivity index (χ0n) is 24.4. The quantitative estimate of drug-likeness (QED) is 0.101. The SMILES string of the molecule is CC1c2ccc(NC(=O)C(CS)N3CCNCC3)c(O)c2C(O)=C2C(=O)C3(O)C(O)=C(C(N)=O)C(=O)[C@@H](N(C)C)C3C(O)C21. The minimum atomic E-state index is -3.01. The molecule has 7 atom stereocenters. The number of ketones is 2. The molecule has 1 aromatic carbocycles. The van der Waals surface area contributed by atoms with Crippen LogP contribution in [0.4, 0.5) is 5.69 Å². The number of thiol groups is 1. The highest BCUT2D eigenvalue weighted by molar-refractivity contribution is 7.80. The van der Waals surface area contributed by atoms with Gasteiger partial charge in [-0.1, -0.05) is 13.0 Å². The van der Waals surface area contributed by atoms with Gasteiger partial charge in [-0.05, 0) is 31.6 Å². The Bertz CT molecular complexity index is 1500. The van der Waals surface area contributed by atoms with Crippen molar-refractivity contribution in [3.8, 4) is 5.75 Å². The van der Waals surface area contributed by atoms with E-state index in [9.17, 15) is 44.7 Å². The van der Waals surface area contributed by atoms with Crippen LogP contribution < -0.4 is 16.4 Å². The Kier molecular flexibility index (Phi) is 8.33. The van der Waals surface area contributed by atoms with Crippen LogP contribution in [0, 0.1) is 11.8 Å². The zero-order valence-corrected chi connectivity index (χ0v) is 25.3. The fourth-order valence-electron chi connectivity index (χ4n) is 7.29. The Balaban J connectivity index is 1.62. The van der Waals surface area contributed by atoms with Crippen LogP contribution in [0.5, 0.6) is 5.75 Å². The minimum Gasteiger partial charge on any atom is -0.508 e. The van der Waals surface area contributed by atoms with Crippen molar-refractivity contribution in [1.29, 1.82) is 0 Å². The molecule has 0 radical (unpaired) electrons. The highest BCUT2D eigenvalue weighted by Crippen LogP contribution is 2.56. The van der Waals surface area contributed by atoms with Gasteiger partial charge in [0, 0.05) is 43.4 Å². The van der Waals surface area contributed by atoms with Gasteiger partial charge < -0.3 is 41.9 Å². The number of anilines is 1. The number of Topliss-reactive ketones (excluding diaryl/α,β-unsaturated/α-hetero) is 2. The number of carbonyl (C=O) groups is 4. The molecular weight excluding hydrogens is 594 g/mol. The summed E-state index contributed by atoms with van der Waals surface area (Å²) in [5, 5.41) is 63.3. The van der Waals surface area contributed by atoms with E-state index in [1.165, 1.54) is 25.1 Å². The van der Waals surface area contributed by atoms with E-state index in [2.05, 4.69) is 23.3 Å². The average Bonchev–Trinajstić information content (AvgIpc) is 2.96. The highest BCUT2D eigenvalue weighted by Gasteiger charge is 2.68. The minimum absolute atomic E-state index is 0.0523. The fourth-order valence-corrected chi connectivity index (χ4v) is 7.69. The number of aliphatic hydroxyl groups is 4. The maximum atomic E-state index is 14.1. The lowest BCUT2D eigenvalue weighted by atomic mass is 9.54. The molecule has 44 heavy (non-hydrogen) atoms. The van der Waals surface area contributed by atoms with Gasteiger partial charge in [0.25, 0.3) is 5.91 Å². The van der Waals surface area contributed by atoms with Crippen molar-refractivity contribution in [3.05, 3.63) is 40.2 Å². The molecule has 0 spiro atoms. The van der Waals surface area contributed by atoms with Gasteiger partial charge in [-0.3, -0.25) is 29.0 Å². The first-order valence-corrected chi connectivity index (χ1v) is 14.9. The van der Waals surface area contributed by atoms with Crippen molar-refractivity contribution >= 4 is 47.5 Å². The van der Waals surface area contributed by atoms with Crippen LogP contribution in [-0.4, -0.2) is 129 Å². The second kappa shape index (κ2) is 11.5. The number of hydrogen-bond acceptors (Lipinski definition) is 13. The molecule has 2 amide bonds. The summed E-state index contributed by atoms with van der Waals surface area (Å²) in [6, 6.07) is 0.942. The molecule has 1 saturated heterocycles. The van der Waals surface area contributed by atoms with Gasteiger partial charge in [0.2, 0.25) is 11.7 Å². The summed E-state index contributed by atoms with van der Waals surface area (Å²) in [4.78, 5) is 56.1. The molecule has 14 nitrogen and oxygen atoms in total. The summed E-state index contributed by atoms with van der Waals surface area (Å²) >= 11 is 4.33. The monoisotopic (exact) mass is 631 g/mol. The Labute approximate surface area is 258 Å². The first kappa shape index (κ1) is 31.9. The van der Waals surface area contributed by atoms with Crippen LogP contribution in [0.2, 0.25) is 0 Å². The number of primary amides is 1. The summed E-state index contributed by atoms with van der Waals surface area (Å²) in [6.07, 6.45) is -1.69. The van der Waals surface area contributed by atoms with Gasteiger partial charge in [0.05, 0.1) is 35.4 Å². The van der Waals surface area contributed by atoms with Gasteiger partial charge in [0.15, 0.2) is 11.4 Å². The smallest absolute Gasteiger partial charge is 0.255 e. The molecule has 1 saturated carbocycles. The molecule has 6 unspecified atom stereocenters. The summed E-state index contributed by atoms with van der Waals surface area (Å²) in [5.41, 5.74) is 0.926. The van der Waals surface area contributed by atoms with Crippen molar-refractivity contribution in [2.45, 2.75) is 36.6 Å². The number of hydrogen-bond donors (Lipinski definition) is 9. The number of nitrogens with two attached hydrogens (primary N) is 1. The third-order valence-corrected chi connectivity index (χ3v) is 9.80. The van der Waals surface area contributed by atoms with Crippen LogP contribution in [0.1, 0.15) is 24.0 Å². The number of likely N-dealkylation sites (N-methyl/N-ethyl adjacent to an activating group) is 1. The van der Waals surface area contributed by atoms with Gasteiger partial charge in [-0.15, -0.1) is 0 Å². The average molecular weight is 632 g/mol. The van der Waals surface area contributed by atoms with E-state index < -0.39 is 93.3 Å². The number of amides is 2. The Morgan fingerprint density at radius 3 is 2.41 bits per heavy atom. The van der Waals surface area contributed by atoms with E-state index in [1.807, 2.05) is 4.90 Å². The van der Waals surface area contributed by atoms with Crippen LogP contribution in [-0.2, 0) is 19.2 Å². The Hall–Kier alpha value is -3.47. The topological polar surface area (TPSA) is 226 Å². The van der Waals surface area contributed by atoms with E-state index >= 15 is 0 Å². The normalized spacial score (nSPS) is 31.4. The van der Waals surface area contributed by atoms with E-state index in [0.29, 0.717) is 31.7 Å². The maximum Gasteiger partial charge on any atom is 0.255 e. The zero-order chi connectivity index (χ0) is 32.4. The van der Waals surface area contributed by atoms with Gasteiger partial charge in [-0.25, -0.2) is 0 Å². The largest absolute Gasteiger partial charge is 0.508 e. The summed E-state index contributed by atoms with van der Waals surface area (Å²) in [5.74, 6) is -10.1. The number of aromatic hydroxyl groups is 1. The molecular formula is C29H37N5O9S. The molecule has 238 valence electrons. The lowest BCUT2D eigenvalue weighted by molar-refractivity contribution is -0.169. The number of phenolic OH excluding ortho intramolecular Hbond substituents is 1. The summed E-state index contributed by atoms with van der Waals surface area (Å²) in [7, 11) is 2.88. The maximum absolute atomic E-state index is 14.1. The molecule has 5 rings (SSSR count). The molecule has 1 heterocycles. The fraction of sp³-hybridized carbons (Fsp3) is 0.517. The number of nitrogens with zero attached hydrogens (tertiary/aromatic N) is 2. The second-order valence-electron chi connectivity index (χ2n) is 11.9. The van der Waals surface area contributed by atoms with Gasteiger partial charge >= 0.3 is 0 Å². The molecule has 0 bridgehead atoms. The molecule has 3 aliphatic carbocycles. The van der Waals surface area contributed by atoms with Crippen molar-refractivity contribution in [2.24, 2.45) is 17.6 Å². The van der Waals surface area contributed by atoms with Crippen molar-refractivity contribution < 1.29 is 44.7 Å². The number of nitrogens with one attached hydrogen (secondary N) is 2. The van der Waals surface area contributed by atoms with E-state index in [0.717, 1.165) is 0 Å². The number of piperazine rings is 1. The van der Waals surface area contributed by atoms with Crippen molar-refractivity contribution in [1.82, 2.24) is 15.1 Å². The molecule has 1 aliphatic heterocycles. The first-order chi connectivity index (χ1) is 20.7. The van der Waals surface area contributed by atoms with Gasteiger partial charge in [-0.2, -0.15) is 12.6 Å². The molecule has 9 N–H and O–H groups in total. The number of phenols is 1. The lowest BCUT2D eigenvalue weighted by Crippen LogP contribution is -2.70. The predicted octanol–water partition coefficient (Wildman–Crippen LogP) is -1.36. The van der Waals surface area contributed by atoms with E-state index in [-0.39, 0.29) is 17.0 Å². The third-order valence-electron chi connectivity index (χ3n) is 9.46. The third kappa shape index (κ3) is 4.52. The second-order valence-corrected chi connectivity index (χ2v) is 12.3. The van der Waals surface area contributed by atoms with E-state index in [4.69, 9.17) is 5.73 Å². The lowest BCUT2D eigenvalue weighted by Gasteiger charge is -2.53. The summed E-state index contributed by atoms with van der Waals surface area (Å²) in [6.45, 7) is 4.27.